The van der Waals surface area contributed by atoms with E-state index in [1.165, 1.54) is 36.7 Å². The fraction of sp³-hybridized carbons (Fsp3) is 0.400. The lowest BCUT2D eigenvalue weighted by Gasteiger charge is -2.38. The minimum absolute atomic E-state index is 0.284. The van der Waals surface area contributed by atoms with Crippen molar-refractivity contribution in [3.8, 4) is 5.75 Å². The third-order valence-corrected chi connectivity index (χ3v) is 6.43. The molecule has 5 nitrogen and oxygen atoms in total. The quantitative estimate of drug-likeness (QED) is 0.505. The number of ether oxygens (including phenoxy) is 1. The lowest BCUT2D eigenvalue weighted by Crippen LogP contribution is -2.53. The topological polar surface area (TPSA) is 63.5 Å². The van der Waals surface area contributed by atoms with Gasteiger partial charge in [-0.25, -0.2) is 4.39 Å². The number of nitrogens with zero attached hydrogens (tertiary/aromatic N) is 1. The van der Waals surface area contributed by atoms with Gasteiger partial charge >= 0.3 is 6.18 Å². The maximum Gasteiger partial charge on any atom is 0.418 e. The molecule has 4 rings (SSSR count). The first kappa shape index (κ1) is 24.1. The summed E-state index contributed by atoms with van der Waals surface area (Å²) in [6.45, 7) is 2.53. The maximum absolute atomic E-state index is 14.2. The molecule has 0 saturated carbocycles. The molecule has 1 atom stereocenters. The van der Waals surface area contributed by atoms with Gasteiger partial charge in [-0.15, -0.1) is 0 Å². The summed E-state index contributed by atoms with van der Waals surface area (Å²) in [6, 6.07) is 8.83. The second kappa shape index (κ2) is 8.30. The lowest BCUT2D eigenvalue weighted by atomic mass is 9.74. The van der Waals surface area contributed by atoms with Crippen molar-refractivity contribution in [1.29, 1.82) is 0 Å². The first-order valence-electron chi connectivity index (χ1n) is 10.9. The SMILES string of the molecule is Cn1ccc2c(NCC(O)(CC(C)(C)c3cc(F)cc4c3OCC4)C(F)(F)F)cccc2c1=O. The van der Waals surface area contributed by atoms with Gasteiger partial charge in [-0.1, -0.05) is 19.9 Å². The number of aromatic nitrogens is 1. The van der Waals surface area contributed by atoms with E-state index in [9.17, 15) is 27.5 Å². The van der Waals surface area contributed by atoms with E-state index in [0.29, 0.717) is 40.8 Å². The summed E-state index contributed by atoms with van der Waals surface area (Å²) >= 11 is 0. The average molecular weight is 478 g/mol. The molecule has 0 spiro atoms. The van der Waals surface area contributed by atoms with Crippen LogP contribution in [-0.2, 0) is 18.9 Å². The molecule has 1 aliphatic rings. The normalized spacial score (nSPS) is 15.6. The van der Waals surface area contributed by atoms with Crippen LogP contribution in [0.25, 0.3) is 10.8 Å². The highest BCUT2D eigenvalue weighted by Crippen LogP contribution is 2.46. The van der Waals surface area contributed by atoms with Crippen molar-refractivity contribution in [2.75, 3.05) is 18.5 Å². The summed E-state index contributed by atoms with van der Waals surface area (Å²) in [7, 11) is 1.58. The summed E-state index contributed by atoms with van der Waals surface area (Å²) in [6.07, 6.45) is -3.71. The molecule has 9 heteroatoms. The number of anilines is 1. The van der Waals surface area contributed by atoms with Gasteiger partial charge in [-0.05, 0) is 42.2 Å². The molecule has 2 N–H and O–H groups in total. The fourth-order valence-electron chi connectivity index (χ4n) is 4.63. The fourth-order valence-corrected chi connectivity index (χ4v) is 4.63. The number of halogens is 4. The third kappa shape index (κ3) is 4.24. The zero-order valence-corrected chi connectivity index (χ0v) is 19.1. The van der Waals surface area contributed by atoms with Crippen molar-refractivity contribution >= 4 is 16.5 Å². The van der Waals surface area contributed by atoms with Gasteiger partial charge in [0.2, 0.25) is 0 Å². The summed E-state index contributed by atoms with van der Waals surface area (Å²) < 4.78 is 63.8. The number of pyridine rings is 1. The van der Waals surface area contributed by atoms with Crippen molar-refractivity contribution < 1.29 is 27.4 Å². The molecule has 3 aromatic rings. The summed E-state index contributed by atoms with van der Waals surface area (Å²) in [5.41, 5.74) is -3.50. The highest BCUT2D eigenvalue weighted by molar-refractivity contribution is 5.93. The Hall–Kier alpha value is -3.07. The molecule has 0 saturated heterocycles. The molecule has 1 unspecified atom stereocenters. The largest absolute Gasteiger partial charge is 0.493 e. The molecule has 0 aliphatic carbocycles. The highest BCUT2D eigenvalue weighted by Gasteiger charge is 2.56. The van der Waals surface area contributed by atoms with Gasteiger partial charge in [0.15, 0.2) is 5.60 Å². The van der Waals surface area contributed by atoms with Crippen LogP contribution in [0.5, 0.6) is 5.75 Å². The van der Waals surface area contributed by atoms with E-state index in [4.69, 9.17) is 4.74 Å². The molecule has 0 radical (unpaired) electrons. The molecule has 0 amide bonds. The van der Waals surface area contributed by atoms with Crippen LogP contribution in [0.1, 0.15) is 31.4 Å². The standard InChI is InChI=1S/C25H26F4N2O3/c1-23(2,19-12-16(26)11-15-8-10-34-21(15)19)13-24(33,25(27,28)29)14-30-20-6-4-5-18-17(20)7-9-31(3)22(18)32/h4-7,9,11-12,30,33H,8,10,13-14H2,1-3H3. The van der Waals surface area contributed by atoms with Crippen LogP contribution in [0.15, 0.2) is 47.4 Å². The van der Waals surface area contributed by atoms with Crippen LogP contribution in [0, 0.1) is 5.82 Å². The molecule has 1 aliphatic heterocycles. The zero-order valence-electron chi connectivity index (χ0n) is 19.1. The van der Waals surface area contributed by atoms with Crippen LogP contribution in [0.2, 0.25) is 0 Å². The highest BCUT2D eigenvalue weighted by atomic mass is 19.4. The van der Waals surface area contributed by atoms with Crippen molar-refractivity contribution in [2.24, 2.45) is 7.05 Å². The van der Waals surface area contributed by atoms with E-state index < -0.39 is 36.0 Å². The Morgan fingerprint density at radius 3 is 2.59 bits per heavy atom. The molecule has 2 aromatic carbocycles. The monoisotopic (exact) mass is 478 g/mol. The summed E-state index contributed by atoms with van der Waals surface area (Å²) in [5, 5.41) is 14.4. The van der Waals surface area contributed by atoms with Gasteiger partial charge in [0.05, 0.1) is 13.2 Å². The number of hydrogen-bond donors (Lipinski definition) is 2. The first-order chi connectivity index (χ1) is 15.8. The minimum atomic E-state index is -4.98. The van der Waals surface area contributed by atoms with E-state index in [0.717, 1.165) is 0 Å². The number of aryl methyl sites for hydroxylation is 1. The molecule has 0 bridgehead atoms. The number of alkyl halides is 3. The van der Waals surface area contributed by atoms with Crippen molar-refractivity contribution in [2.45, 2.75) is 43.9 Å². The summed E-state index contributed by atoms with van der Waals surface area (Å²) in [4.78, 5) is 12.4. The Morgan fingerprint density at radius 2 is 1.88 bits per heavy atom. The lowest BCUT2D eigenvalue weighted by molar-refractivity contribution is -0.260. The molecule has 2 heterocycles. The third-order valence-electron chi connectivity index (χ3n) is 6.43. The smallest absolute Gasteiger partial charge is 0.418 e. The Bertz CT molecular complexity index is 1300. The van der Waals surface area contributed by atoms with Gasteiger partial charge in [0.1, 0.15) is 11.6 Å². The molecular formula is C25H26F4N2O3. The summed E-state index contributed by atoms with van der Waals surface area (Å²) in [5.74, 6) is -0.174. The van der Waals surface area contributed by atoms with Crippen LogP contribution in [0.4, 0.5) is 23.2 Å². The van der Waals surface area contributed by atoms with Gasteiger partial charge in [-0.3, -0.25) is 4.79 Å². The van der Waals surface area contributed by atoms with E-state index in [-0.39, 0.29) is 11.1 Å². The van der Waals surface area contributed by atoms with Crippen molar-refractivity contribution in [3.05, 3.63) is 69.9 Å². The Kier molecular flexibility index (Phi) is 5.88. The second-order valence-electron chi connectivity index (χ2n) is 9.48. The second-order valence-corrected chi connectivity index (χ2v) is 9.48. The predicted molar refractivity (Wildman–Crippen MR) is 122 cm³/mol. The molecule has 1 aromatic heterocycles. The molecule has 0 fully saturated rings. The Balaban J connectivity index is 1.67. The Morgan fingerprint density at radius 1 is 1.15 bits per heavy atom. The van der Waals surface area contributed by atoms with Gasteiger partial charge in [-0.2, -0.15) is 13.2 Å². The first-order valence-corrected chi connectivity index (χ1v) is 10.9. The number of fused-ring (bicyclic) bond motifs is 2. The van der Waals surface area contributed by atoms with Gasteiger partial charge in [0.25, 0.3) is 5.56 Å². The van der Waals surface area contributed by atoms with E-state index in [1.807, 2.05) is 0 Å². The van der Waals surface area contributed by atoms with Crippen LogP contribution in [-0.4, -0.2) is 34.6 Å². The van der Waals surface area contributed by atoms with Crippen molar-refractivity contribution in [3.63, 3.8) is 0 Å². The van der Waals surface area contributed by atoms with Crippen LogP contribution < -0.4 is 15.6 Å². The number of benzene rings is 2. The maximum atomic E-state index is 14.2. The number of nitrogens with one attached hydrogen (secondary N) is 1. The van der Waals surface area contributed by atoms with Crippen molar-refractivity contribution in [1.82, 2.24) is 4.57 Å². The molecular weight excluding hydrogens is 452 g/mol. The minimum Gasteiger partial charge on any atom is -0.493 e. The number of rotatable bonds is 6. The van der Waals surface area contributed by atoms with Crippen LogP contribution >= 0.6 is 0 Å². The number of aliphatic hydroxyl groups is 1. The van der Waals surface area contributed by atoms with Gasteiger partial charge < -0.3 is 19.7 Å². The van der Waals surface area contributed by atoms with E-state index >= 15 is 0 Å². The van der Waals surface area contributed by atoms with E-state index in [2.05, 4.69) is 5.32 Å². The Labute approximate surface area is 194 Å². The van der Waals surface area contributed by atoms with E-state index in [1.54, 1.807) is 31.3 Å². The van der Waals surface area contributed by atoms with Crippen LogP contribution in [0.3, 0.4) is 0 Å². The number of hydrogen-bond acceptors (Lipinski definition) is 4. The predicted octanol–water partition coefficient (Wildman–Crippen LogP) is 4.69. The average Bonchev–Trinajstić information content (AvgIpc) is 3.21. The zero-order chi connectivity index (χ0) is 24.9. The molecule has 34 heavy (non-hydrogen) atoms. The molecule has 182 valence electrons. The van der Waals surface area contributed by atoms with Gasteiger partial charge in [0, 0.05) is 47.3 Å².